The van der Waals surface area contributed by atoms with Crippen molar-refractivity contribution in [1.82, 2.24) is 5.32 Å². The second-order valence-corrected chi connectivity index (χ2v) is 5.76. The number of benzene rings is 2. The molecule has 2 aromatic carbocycles. The van der Waals surface area contributed by atoms with Crippen LogP contribution in [0.15, 0.2) is 46.9 Å². The van der Waals surface area contributed by atoms with Gasteiger partial charge in [-0.15, -0.1) is 0 Å². The van der Waals surface area contributed by atoms with Crippen LogP contribution < -0.4 is 5.32 Å². The van der Waals surface area contributed by atoms with Crippen LogP contribution in [0.25, 0.3) is 0 Å². The van der Waals surface area contributed by atoms with E-state index in [0.717, 1.165) is 28.6 Å². The number of halogens is 2. The molecule has 1 unspecified atom stereocenters. The van der Waals surface area contributed by atoms with E-state index in [4.69, 9.17) is 0 Å². The highest BCUT2D eigenvalue weighted by molar-refractivity contribution is 9.10. The third-order valence-corrected chi connectivity index (χ3v) is 4.08. The minimum atomic E-state index is -0.187. The van der Waals surface area contributed by atoms with Crippen molar-refractivity contribution in [3.8, 4) is 0 Å². The lowest BCUT2D eigenvalue weighted by Gasteiger charge is -2.22. The van der Waals surface area contributed by atoms with Crippen molar-refractivity contribution in [2.45, 2.75) is 26.3 Å². The highest BCUT2D eigenvalue weighted by Gasteiger charge is 2.17. The Hall–Kier alpha value is -1.19. The molecule has 0 spiro atoms. The predicted molar refractivity (Wildman–Crippen MR) is 85.4 cm³/mol. The zero-order valence-corrected chi connectivity index (χ0v) is 13.4. The highest BCUT2D eigenvalue weighted by atomic mass is 79.9. The lowest BCUT2D eigenvalue weighted by Crippen LogP contribution is -2.24. The Morgan fingerprint density at radius 1 is 1.15 bits per heavy atom. The summed E-state index contributed by atoms with van der Waals surface area (Å²) in [6.45, 7) is 5.01. The molecule has 0 bridgehead atoms. The van der Waals surface area contributed by atoms with Gasteiger partial charge >= 0.3 is 0 Å². The van der Waals surface area contributed by atoms with Crippen molar-refractivity contribution in [3.05, 3.63) is 69.4 Å². The van der Waals surface area contributed by atoms with Crippen molar-refractivity contribution >= 4 is 15.9 Å². The van der Waals surface area contributed by atoms with Gasteiger partial charge in [0.15, 0.2) is 0 Å². The van der Waals surface area contributed by atoms with E-state index in [1.807, 2.05) is 31.2 Å². The fourth-order valence-corrected chi connectivity index (χ4v) is 2.86. The van der Waals surface area contributed by atoms with Gasteiger partial charge in [0, 0.05) is 4.47 Å². The maximum absolute atomic E-state index is 13.3. The average Bonchev–Trinajstić information content (AvgIpc) is 2.42. The van der Waals surface area contributed by atoms with Crippen molar-refractivity contribution in [2.24, 2.45) is 0 Å². The molecule has 0 saturated heterocycles. The van der Waals surface area contributed by atoms with E-state index in [1.165, 1.54) is 11.6 Å². The SMILES string of the molecule is CCCNC(c1ccc(F)cc1C)c1ccccc1Br. The molecule has 0 aliphatic heterocycles. The summed E-state index contributed by atoms with van der Waals surface area (Å²) in [6.07, 6.45) is 1.06. The summed E-state index contributed by atoms with van der Waals surface area (Å²) in [4.78, 5) is 0. The van der Waals surface area contributed by atoms with Crippen LogP contribution in [-0.2, 0) is 0 Å². The fourth-order valence-electron chi connectivity index (χ4n) is 2.35. The quantitative estimate of drug-likeness (QED) is 0.811. The summed E-state index contributed by atoms with van der Waals surface area (Å²) in [5, 5.41) is 3.55. The van der Waals surface area contributed by atoms with Crippen LogP contribution in [0.3, 0.4) is 0 Å². The van der Waals surface area contributed by atoms with Crippen LogP contribution in [0.4, 0.5) is 4.39 Å². The molecule has 1 N–H and O–H groups in total. The Bertz CT molecular complexity index is 583. The van der Waals surface area contributed by atoms with E-state index >= 15 is 0 Å². The van der Waals surface area contributed by atoms with E-state index in [9.17, 15) is 4.39 Å². The number of rotatable bonds is 5. The number of hydrogen-bond acceptors (Lipinski definition) is 1. The second-order valence-electron chi connectivity index (χ2n) is 4.91. The molecule has 3 heteroatoms. The first-order valence-corrected chi connectivity index (χ1v) is 7.66. The molecule has 0 radical (unpaired) electrons. The lowest BCUT2D eigenvalue weighted by atomic mass is 9.95. The minimum absolute atomic E-state index is 0.0751. The molecule has 0 amide bonds. The first-order chi connectivity index (χ1) is 9.63. The molecule has 0 aliphatic carbocycles. The third kappa shape index (κ3) is 3.47. The Balaban J connectivity index is 2.44. The monoisotopic (exact) mass is 335 g/mol. The molecule has 0 heterocycles. The summed E-state index contributed by atoms with van der Waals surface area (Å²) >= 11 is 3.61. The van der Waals surface area contributed by atoms with Crippen LogP contribution in [0.2, 0.25) is 0 Å². The summed E-state index contributed by atoms with van der Waals surface area (Å²) < 4.78 is 14.4. The van der Waals surface area contributed by atoms with Crippen molar-refractivity contribution in [1.29, 1.82) is 0 Å². The Morgan fingerprint density at radius 2 is 1.90 bits per heavy atom. The van der Waals surface area contributed by atoms with Crippen LogP contribution in [0.1, 0.15) is 36.1 Å². The maximum atomic E-state index is 13.3. The standard InChI is InChI=1S/C17H19BrFN/c1-3-10-20-17(15-6-4-5-7-16(15)18)14-9-8-13(19)11-12(14)2/h4-9,11,17,20H,3,10H2,1-2H3. The van der Waals surface area contributed by atoms with Crippen molar-refractivity contribution in [2.75, 3.05) is 6.54 Å². The van der Waals surface area contributed by atoms with Gasteiger partial charge in [0.1, 0.15) is 5.82 Å². The molecule has 20 heavy (non-hydrogen) atoms. The first-order valence-electron chi connectivity index (χ1n) is 6.87. The molecule has 0 aromatic heterocycles. The van der Waals surface area contributed by atoms with Crippen LogP contribution in [0, 0.1) is 12.7 Å². The van der Waals surface area contributed by atoms with E-state index in [0.29, 0.717) is 0 Å². The van der Waals surface area contributed by atoms with E-state index in [2.05, 4.69) is 34.2 Å². The molecule has 1 atom stereocenters. The molecule has 2 rings (SSSR count). The third-order valence-electron chi connectivity index (χ3n) is 3.36. The van der Waals surface area contributed by atoms with Gasteiger partial charge in [-0.1, -0.05) is 47.1 Å². The molecule has 0 aliphatic rings. The average molecular weight is 336 g/mol. The van der Waals surface area contributed by atoms with Gasteiger partial charge in [-0.25, -0.2) is 4.39 Å². The predicted octanol–water partition coefficient (Wildman–Crippen LogP) is 4.99. The Morgan fingerprint density at radius 3 is 2.55 bits per heavy atom. The highest BCUT2D eigenvalue weighted by Crippen LogP contribution is 2.30. The molecular weight excluding hydrogens is 317 g/mol. The van der Waals surface area contributed by atoms with Crippen LogP contribution in [0.5, 0.6) is 0 Å². The Kier molecular flexibility index (Phi) is 5.32. The second kappa shape index (κ2) is 7.00. The van der Waals surface area contributed by atoms with E-state index < -0.39 is 0 Å². The Labute approximate surface area is 128 Å². The van der Waals surface area contributed by atoms with Gasteiger partial charge in [0.05, 0.1) is 6.04 Å². The zero-order valence-electron chi connectivity index (χ0n) is 11.8. The van der Waals surface area contributed by atoms with Crippen LogP contribution in [-0.4, -0.2) is 6.54 Å². The molecule has 1 nitrogen and oxygen atoms in total. The zero-order chi connectivity index (χ0) is 14.5. The van der Waals surface area contributed by atoms with Gasteiger partial charge in [-0.2, -0.15) is 0 Å². The molecule has 2 aromatic rings. The fraction of sp³-hybridized carbons (Fsp3) is 0.294. The van der Waals surface area contributed by atoms with Crippen LogP contribution >= 0.6 is 15.9 Å². The van der Waals surface area contributed by atoms with E-state index in [1.54, 1.807) is 6.07 Å². The van der Waals surface area contributed by atoms with Gasteiger partial charge in [0.2, 0.25) is 0 Å². The number of nitrogens with one attached hydrogen (secondary N) is 1. The molecule has 0 fully saturated rings. The first kappa shape index (κ1) is 15.2. The van der Waals surface area contributed by atoms with Crippen molar-refractivity contribution < 1.29 is 4.39 Å². The maximum Gasteiger partial charge on any atom is 0.123 e. The normalized spacial score (nSPS) is 12.4. The van der Waals surface area contributed by atoms with E-state index in [-0.39, 0.29) is 11.9 Å². The summed E-state index contributed by atoms with van der Waals surface area (Å²) in [5.74, 6) is -0.187. The molecule has 0 saturated carbocycles. The molecular formula is C17H19BrFN. The lowest BCUT2D eigenvalue weighted by molar-refractivity contribution is 0.588. The van der Waals surface area contributed by atoms with Gasteiger partial charge in [-0.3, -0.25) is 0 Å². The smallest absolute Gasteiger partial charge is 0.123 e. The number of aryl methyl sites for hydroxylation is 1. The largest absolute Gasteiger partial charge is 0.306 e. The van der Waals surface area contributed by atoms with Crippen molar-refractivity contribution in [3.63, 3.8) is 0 Å². The minimum Gasteiger partial charge on any atom is -0.306 e. The van der Waals surface area contributed by atoms with Gasteiger partial charge < -0.3 is 5.32 Å². The summed E-state index contributed by atoms with van der Waals surface area (Å²) in [7, 11) is 0. The van der Waals surface area contributed by atoms with Gasteiger partial charge in [-0.05, 0) is 54.8 Å². The summed E-state index contributed by atoms with van der Waals surface area (Å²) in [5.41, 5.74) is 3.26. The molecule has 106 valence electrons. The topological polar surface area (TPSA) is 12.0 Å². The summed E-state index contributed by atoms with van der Waals surface area (Å²) in [6, 6.07) is 13.2. The number of hydrogen-bond donors (Lipinski definition) is 1. The van der Waals surface area contributed by atoms with Gasteiger partial charge in [0.25, 0.3) is 0 Å².